The van der Waals surface area contributed by atoms with Gasteiger partial charge in [0.05, 0.1) is 6.54 Å². The average molecular weight is 329 g/mol. The maximum Gasteiger partial charge on any atom is 0.137 e. The van der Waals surface area contributed by atoms with Crippen LogP contribution in [0.5, 0.6) is 0 Å². The van der Waals surface area contributed by atoms with Gasteiger partial charge in [-0.15, -0.1) is 0 Å². The van der Waals surface area contributed by atoms with Gasteiger partial charge < -0.3 is 5.11 Å². The second-order valence-corrected chi connectivity index (χ2v) is 5.80. The number of hydrogen-bond acceptors (Lipinski definition) is 3. The quantitative estimate of drug-likeness (QED) is 0.782. The Hall–Kier alpha value is -2.60. The Morgan fingerprint density at radius 3 is 2.17 bits per heavy atom. The number of nitrogens with zero attached hydrogens (tertiary/aromatic N) is 3. The van der Waals surface area contributed by atoms with Crippen molar-refractivity contribution in [3.05, 3.63) is 83.9 Å². The van der Waals surface area contributed by atoms with Crippen LogP contribution in [-0.4, -0.2) is 19.9 Å². The molecular weight excluding hydrogens is 312 g/mol. The lowest BCUT2D eigenvalue weighted by Crippen LogP contribution is -2.37. The smallest absolute Gasteiger partial charge is 0.137 e. The minimum absolute atomic E-state index is 0.136. The normalized spacial score (nSPS) is 15.0. The van der Waals surface area contributed by atoms with Crippen LogP contribution in [0, 0.1) is 11.6 Å². The highest BCUT2D eigenvalue weighted by atomic mass is 19.1. The minimum atomic E-state index is -1.36. The van der Waals surface area contributed by atoms with E-state index in [-0.39, 0.29) is 24.1 Å². The van der Waals surface area contributed by atoms with E-state index in [4.69, 9.17) is 0 Å². The highest BCUT2D eigenvalue weighted by molar-refractivity contribution is 5.31. The summed E-state index contributed by atoms with van der Waals surface area (Å²) in [6.07, 6.45) is 2.89. The number of hydrogen-bond donors (Lipinski definition) is 1. The molecule has 24 heavy (non-hydrogen) atoms. The van der Waals surface area contributed by atoms with Crippen molar-refractivity contribution in [2.45, 2.75) is 25.0 Å². The van der Waals surface area contributed by atoms with Gasteiger partial charge in [0.2, 0.25) is 0 Å². The highest BCUT2D eigenvalue weighted by Crippen LogP contribution is 2.38. The number of aromatic nitrogens is 3. The molecule has 2 atom stereocenters. The topological polar surface area (TPSA) is 50.9 Å². The van der Waals surface area contributed by atoms with Gasteiger partial charge in [-0.05, 0) is 35.4 Å². The predicted molar refractivity (Wildman–Crippen MR) is 85.1 cm³/mol. The van der Waals surface area contributed by atoms with Crippen LogP contribution in [0.3, 0.4) is 0 Å². The molecule has 0 bridgehead atoms. The van der Waals surface area contributed by atoms with Crippen LogP contribution >= 0.6 is 0 Å². The van der Waals surface area contributed by atoms with Crippen molar-refractivity contribution in [1.82, 2.24) is 14.8 Å². The molecule has 0 saturated carbocycles. The summed E-state index contributed by atoms with van der Waals surface area (Å²) < 4.78 is 28.0. The molecule has 1 aromatic heterocycles. The van der Waals surface area contributed by atoms with Crippen molar-refractivity contribution in [1.29, 1.82) is 0 Å². The molecule has 4 nitrogen and oxygen atoms in total. The first kappa shape index (κ1) is 16.3. The summed E-state index contributed by atoms with van der Waals surface area (Å²) in [5.41, 5.74) is -0.0428. The molecule has 6 heteroatoms. The van der Waals surface area contributed by atoms with Crippen molar-refractivity contribution in [3.8, 4) is 0 Å². The molecular formula is C18H17F2N3O. The Balaban J connectivity index is 2.03. The zero-order valence-electron chi connectivity index (χ0n) is 13.1. The fourth-order valence-corrected chi connectivity index (χ4v) is 2.81. The predicted octanol–water partition coefficient (Wildman–Crippen LogP) is 3.25. The van der Waals surface area contributed by atoms with Gasteiger partial charge in [-0.1, -0.05) is 31.2 Å². The maximum atomic E-state index is 13.3. The van der Waals surface area contributed by atoms with Gasteiger partial charge in [0, 0.05) is 5.92 Å². The van der Waals surface area contributed by atoms with Crippen LogP contribution in [0.15, 0.2) is 61.2 Å². The van der Waals surface area contributed by atoms with Gasteiger partial charge in [-0.2, -0.15) is 5.10 Å². The molecule has 0 amide bonds. The van der Waals surface area contributed by atoms with Crippen LogP contribution in [-0.2, 0) is 12.1 Å². The van der Waals surface area contributed by atoms with Crippen molar-refractivity contribution in [2.75, 3.05) is 0 Å². The van der Waals surface area contributed by atoms with Crippen LogP contribution in [0.4, 0.5) is 8.78 Å². The molecule has 2 aromatic carbocycles. The molecule has 0 aliphatic rings. The molecule has 0 spiro atoms. The van der Waals surface area contributed by atoms with Gasteiger partial charge in [-0.3, -0.25) is 0 Å². The van der Waals surface area contributed by atoms with Crippen molar-refractivity contribution in [3.63, 3.8) is 0 Å². The van der Waals surface area contributed by atoms with Crippen LogP contribution in [0.1, 0.15) is 24.0 Å². The first-order valence-electron chi connectivity index (χ1n) is 7.55. The molecule has 0 radical (unpaired) electrons. The molecule has 3 rings (SSSR count). The van der Waals surface area contributed by atoms with Crippen LogP contribution < -0.4 is 0 Å². The van der Waals surface area contributed by atoms with Crippen molar-refractivity contribution < 1.29 is 13.9 Å². The largest absolute Gasteiger partial charge is 0.383 e. The summed E-state index contributed by atoms with van der Waals surface area (Å²) in [5.74, 6) is -1.10. The Kier molecular flexibility index (Phi) is 4.40. The standard InChI is InChI=1S/C18H17F2N3O/c1-13(14-2-6-16(19)7-3-14)18(24,10-23-12-21-11-22-23)15-4-8-17(20)9-5-15/h2-9,11-13,24H,10H2,1H3. The van der Waals surface area contributed by atoms with Crippen LogP contribution in [0.2, 0.25) is 0 Å². The fourth-order valence-electron chi connectivity index (χ4n) is 2.81. The molecule has 2 unspecified atom stereocenters. The number of rotatable bonds is 5. The summed E-state index contributed by atoms with van der Waals surface area (Å²) in [7, 11) is 0. The Labute approximate surface area is 138 Å². The molecule has 0 fully saturated rings. The second-order valence-electron chi connectivity index (χ2n) is 5.80. The Morgan fingerprint density at radius 1 is 1.04 bits per heavy atom. The van der Waals surface area contributed by atoms with E-state index in [1.54, 1.807) is 24.3 Å². The van der Waals surface area contributed by atoms with E-state index >= 15 is 0 Å². The summed E-state index contributed by atoms with van der Waals surface area (Å²) in [6.45, 7) is 1.98. The van der Waals surface area contributed by atoms with E-state index in [2.05, 4.69) is 10.1 Å². The van der Waals surface area contributed by atoms with Gasteiger partial charge in [-0.25, -0.2) is 18.4 Å². The fraction of sp³-hybridized carbons (Fsp3) is 0.222. The minimum Gasteiger partial charge on any atom is -0.383 e. The van der Waals surface area contributed by atoms with E-state index in [9.17, 15) is 13.9 Å². The maximum absolute atomic E-state index is 13.3. The lowest BCUT2D eigenvalue weighted by molar-refractivity contribution is -0.00806. The molecule has 124 valence electrons. The van der Waals surface area contributed by atoms with Gasteiger partial charge in [0.25, 0.3) is 0 Å². The SMILES string of the molecule is CC(c1ccc(F)cc1)C(O)(Cn1cncn1)c1ccc(F)cc1. The van der Waals surface area contributed by atoms with Gasteiger partial charge in [0.15, 0.2) is 0 Å². The Bertz CT molecular complexity index is 788. The van der Waals surface area contributed by atoms with E-state index in [1.807, 2.05) is 6.92 Å². The Morgan fingerprint density at radius 2 is 1.62 bits per heavy atom. The van der Waals surface area contributed by atoms with E-state index in [0.717, 1.165) is 5.56 Å². The second kappa shape index (κ2) is 6.49. The first-order valence-corrected chi connectivity index (χ1v) is 7.55. The number of benzene rings is 2. The van der Waals surface area contributed by atoms with Crippen LogP contribution in [0.25, 0.3) is 0 Å². The third-order valence-corrected chi connectivity index (χ3v) is 4.30. The van der Waals surface area contributed by atoms with E-state index in [1.165, 1.54) is 41.6 Å². The van der Waals surface area contributed by atoms with Gasteiger partial charge in [0.1, 0.15) is 29.9 Å². The number of aliphatic hydroxyl groups is 1. The molecule has 1 N–H and O–H groups in total. The average Bonchev–Trinajstić information content (AvgIpc) is 3.08. The molecule has 1 heterocycles. The lowest BCUT2D eigenvalue weighted by atomic mass is 9.78. The van der Waals surface area contributed by atoms with E-state index < -0.39 is 5.60 Å². The summed E-state index contributed by atoms with van der Waals surface area (Å²) in [4.78, 5) is 3.89. The summed E-state index contributed by atoms with van der Waals surface area (Å²) in [6, 6.07) is 11.7. The molecule has 0 saturated heterocycles. The van der Waals surface area contributed by atoms with Crippen molar-refractivity contribution >= 4 is 0 Å². The first-order chi connectivity index (χ1) is 11.5. The van der Waals surface area contributed by atoms with Crippen molar-refractivity contribution in [2.24, 2.45) is 0 Å². The lowest BCUT2D eigenvalue weighted by Gasteiger charge is -2.35. The third-order valence-electron chi connectivity index (χ3n) is 4.30. The zero-order valence-corrected chi connectivity index (χ0v) is 13.1. The van der Waals surface area contributed by atoms with Gasteiger partial charge >= 0.3 is 0 Å². The monoisotopic (exact) mass is 329 g/mol. The summed E-state index contributed by atoms with van der Waals surface area (Å²) in [5, 5.41) is 15.5. The summed E-state index contributed by atoms with van der Waals surface area (Å²) >= 11 is 0. The zero-order chi connectivity index (χ0) is 17.2. The third kappa shape index (κ3) is 3.19. The van der Waals surface area contributed by atoms with E-state index in [0.29, 0.717) is 5.56 Å². The molecule has 0 aliphatic heterocycles. The highest BCUT2D eigenvalue weighted by Gasteiger charge is 2.37. The molecule has 3 aromatic rings. The molecule has 0 aliphatic carbocycles. The number of halogens is 2.